The molecule has 7 heteroatoms. The van der Waals surface area contributed by atoms with Gasteiger partial charge in [-0.3, -0.25) is 14.7 Å². The third-order valence-corrected chi connectivity index (χ3v) is 4.11. The lowest BCUT2D eigenvalue weighted by Crippen LogP contribution is -2.38. The Labute approximate surface area is 147 Å². The van der Waals surface area contributed by atoms with Crippen molar-refractivity contribution >= 4 is 11.7 Å². The van der Waals surface area contributed by atoms with Gasteiger partial charge in [-0.05, 0) is 25.1 Å². The number of aromatic nitrogens is 2. The lowest BCUT2D eigenvalue weighted by molar-refractivity contribution is 0.0374. The van der Waals surface area contributed by atoms with E-state index in [9.17, 15) is 4.79 Å². The molecule has 3 rings (SSSR count). The van der Waals surface area contributed by atoms with Crippen LogP contribution >= 0.6 is 0 Å². The van der Waals surface area contributed by atoms with Crippen LogP contribution in [0.3, 0.4) is 0 Å². The van der Waals surface area contributed by atoms with Gasteiger partial charge in [0.05, 0.1) is 31.3 Å². The molecule has 2 aromatic rings. The monoisotopic (exact) mass is 341 g/mol. The fraction of sp³-hybridized carbons (Fsp3) is 0.389. The van der Waals surface area contributed by atoms with Crippen molar-refractivity contribution < 1.29 is 9.53 Å². The van der Waals surface area contributed by atoms with E-state index in [0.29, 0.717) is 23.6 Å². The molecule has 0 radical (unpaired) electrons. The van der Waals surface area contributed by atoms with Gasteiger partial charge in [0.15, 0.2) is 0 Å². The molecule has 0 aliphatic carbocycles. The molecule has 0 saturated carbocycles. The zero-order valence-corrected chi connectivity index (χ0v) is 14.1. The van der Waals surface area contributed by atoms with Gasteiger partial charge in [0.25, 0.3) is 5.91 Å². The number of nitrogens with zero attached hydrogens (tertiary/aromatic N) is 3. The number of hydrogen-bond donors (Lipinski definition) is 2. The quantitative estimate of drug-likeness (QED) is 0.766. The third-order valence-electron chi connectivity index (χ3n) is 4.11. The zero-order chi connectivity index (χ0) is 17.5. The third kappa shape index (κ3) is 4.98. The Morgan fingerprint density at radius 3 is 2.92 bits per heavy atom. The molecule has 1 aliphatic rings. The molecule has 7 nitrogen and oxygen atoms in total. The molecule has 1 aromatic heterocycles. The minimum absolute atomic E-state index is 0.0827. The van der Waals surface area contributed by atoms with Crippen molar-refractivity contribution in [2.45, 2.75) is 6.42 Å². The van der Waals surface area contributed by atoms with Crippen LogP contribution in [0.5, 0.6) is 0 Å². The smallest absolute Gasteiger partial charge is 0.251 e. The average Bonchev–Trinajstić information content (AvgIpc) is 2.66. The highest BCUT2D eigenvalue weighted by molar-refractivity contribution is 5.95. The maximum absolute atomic E-state index is 12.3. The molecule has 132 valence electrons. The Balaban J connectivity index is 1.52. The van der Waals surface area contributed by atoms with Crippen molar-refractivity contribution in [1.29, 1.82) is 0 Å². The molecule has 1 fully saturated rings. The van der Waals surface area contributed by atoms with Crippen LogP contribution < -0.4 is 11.1 Å². The Hall–Kier alpha value is -2.51. The highest BCUT2D eigenvalue weighted by atomic mass is 16.5. The number of ether oxygens (including phenoxy) is 1. The number of nitrogens with two attached hydrogens (primary N) is 1. The summed E-state index contributed by atoms with van der Waals surface area (Å²) < 4.78 is 5.33. The Morgan fingerprint density at radius 2 is 2.12 bits per heavy atom. The number of rotatable bonds is 6. The predicted molar refractivity (Wildman–Crippen MR) is 96.1 cm³/mol. The summed E-state index contributed by atoms with van der Waals surface area (Å²) in [6.07, 6.45) is 4.05. The lowest BCUT2D eigenvalue weighted by Gasteiger charge is -2.26. The first-order chi connectivity index (χ1) is 12.2. The van der Waals surface area contributed by atoms with Crippen LogP contribution in [0.15, 0.2) is 36.7 Å². The van der Waals surface area contributed by atoms with Gasteiger partial charge in [0.1, 0.15) is 5.82 Å². The standard InChI is InChI=1S/C18H23N5O2/c19-17-13-20-12-16(22-17)14-3-1-4-15(11-14)18(24)21-5-2-6-23-7-9-25-10-8-23/h1,3-4,11-13H,2,5-10H2,(H2,19,22)(H,21,24). The molecule has 1 aromatic carbocycles. The van der Waals surface area contributed by atoms with Crippen LogP contribution in [-0.4, -0.2) is 60.2 Å². The summed E-state index contributed by atoms with van der Waals surface area (Å²) >= 11 is 0. The van der Waals surface area contributed by atoms with Crippen molar-refractivity contribution in [2.75, 3.05) is 45.1 Å². The van der Waals surface area contributed by atoms with Crippen molar-refractivity contribution in [3.63, 3.8) is 0 Å². The minimum atomic E-state index is -0.0827. The van der Waals surface area contributed by atoms with E-state index in [-0.39, 0.29) is 5.91 Å². The van der Waals surface area contributed by atoms with Crippen LogP contribution in [0.2, 0.25) is 0 Å². The van der Waals surface area contributed by atoms with E-state index in [4.69, 9.17) is 10.5 Å². The molecule has 1 aliphatic heterocycles. The van der Waals surface area contributed by atoms with Crippen LogP contribution in [0, 0.1) is 0 Å². The summed E-state index contributed by atoms with van der Waals surface area (Å²) in [6, 6.07) is 7.32. The first-order valence-electron chi connectivity index (χ1n) is 8.48. The van der Waals surface area contributed by atoms with Crippen molar-refractivity contribution in [3.05, 3.63) is 42.2 Å². The van der Waals surface area contributed by atoms with E-state index in [2.05, 4.69) is 20.2 Å². The van der Waals surface area contributed by atoms with Gasteiger partial charge >= 0.3 is 0 Å². The molecular formula is C18H23N5O2. The second-order valence-corrected chi connectivity index (χ2v) is 5.97. The summed E-state index contributed by atoms with van der Waals surface area (Å²) in [7, 11) is 0. The molecule has 25 heavy (non-hydrogen) atoms. The summed E-state index contributed by atoms with van der Waals surface area (Å²) in [5, 5.41) is 2.97. The molecule has 0 spiro atoms. The topological polar surface area (TPSA) is 93.4 Å². The van der Waals surface area contributed by atoms with E-state index < -0.39 is 0 Å². The molecule has 1 saturated heterocycles. The minimum Gasteiger partial charge on any atom is -0.382 e. The largest absolute Gasteiger partial charge is 0.382 e. The Bertz CT molecular complexity index is 716. The molecule has 0 unspecified atom stereocenters. The van der Waals surface area contributed by atoms with Gasteiger partial charge in [0.2, 0.25) is 0 Å². The number of carbonyl (C=O) groups is 1. The summed E-state index contributed by atoms with van der Waals surface area (Å²) in [5.74, 6) is 0.274. The second-order valence-electron chi connectivity index (χ2n) is 5.97. The van der Waals surface area contributed by atoms with E-state index in [1.54, 1.807) is 18.3 Å². The van der Waals surface area contributed by atoms with Crippen molar-refractivity contribution in [1.82, 2.24) is 20.2 Å². The fourth-order valence-corrected chi connectivity index (χ4v) is 2.77. The summed E-state index contributed by atoms with van der Waals surface area (Å²) in [5.41, 5.74) is 7.75. The zero-order valence-electron chi connectivity index (χ0n) is 14.1. The summed E-state index contributed by atoms with van der Waals surface area (Å²) in [6.45, 7) is 5.16. The highest BCUT2D eigenvalue weighted by Gasteiger charge is 2.11. The number of carbonyl (C=O) groups excluding carboxylic acids is 1. The molecule has 0 atom stereocenters. The van der Waals surface area contributed by atoms with E-state index in [1.165, 1.54) is 6.20 Å². The van der Waals surface area contributed by atoms with Crippen LogP contribution in [0.25, 0.3) is 11.3 Å². The van der Waals surface area contributed by atoms with Crippen LogP contribution in [-0.2, 0) is 4.74 Å². The first-order valence-corrected chi connectivity index (χ1v) is 8.48. The Morgan fingerprint density at radius 1 is 1.28 bits per heavy atom. The van der Waals surface area contributed by atoms with Gasteiger partial charge in [0, 0.05) is 30.8 Å². The van der Waals surface area contributed by atoms with E-state index in [0.717, 1.165) is 44.8 Å². The maximum atomic E-state index is 12.3. The number of amides is 1. The number of nitrogens with one attached hydrogen (secondary N) is 1. The van der Waals surface area contributed by atoms with Gasteiger partial charge in [-0.25, -0.2) is 4.98 Å². The average molecular weight is 341 g/mol. The molecular weight excluding hydrogens is 318 g/mol. The van der Waals surface area contributed by atoms with Crippen LogP contribution in [0.4, 0.5) is 5.82 Å². The Kier molecular flexibility index (Phi) is 5.92. The summed E-state index contributed by atoms with van der Waals surface area (Å²) in [4.78, 5) is 23.0. The first kappa shape index (κ1) is 17.3. The van der Waals surface area contributed by atoms with Gasteiger partial charge in [-0.1, -0.05) is 12.1 Å². The maximum Gasteiger partial charge on any atom is 0.251 e. The van der Waals surface area contributed by atoms with Gasteiger partial charge < -0.3 is 15.8 Å². The number of morpholine rings is 1. The fourth-order valence-electron chi connectivity index (χ4n) is 2.77. The number of hydrogen-bond acceptors (Lipinski definition) is 6. The predicted octanol–water partition coefficient (Wildman–Crippen LogP) is 1.18. The van der Waals surface area contributed by atoms with Crippen molar-refractivity contribution in [3.8, 4) is 11.3 Å². The van der Waals surface area contributed by atoms with E-state index >= 15 is 0 Å². The van der Waals surface area contributed by atoms with Crippen molar-refractivity contribution in [2.24, 2.45) is 0 Å². The molecule has 1 amide bonds. The normalized spacial score (nSPS) is 15.0. The SMILES string of the molecule is Nc1cncc(-c2cccc(C(=O)NCCCN3CCOCC3)c2)n1. The van der Waals surface area contributed by atoms with Gasteiger partial charge in [-0.15, -0.1) is 0 Å². The molecule has 2 heterocycles. The van der Waals surface area contributed by atoms with Gasteiger partial charge in [-0.2, -0.15) is 0 Å². The van der Waals surface area contributed by atoms with E-state index in [1.807, 2.05) is 12.1 Å². The number of benzene rings is 1. The molecule has 3 N–H and O–H groups in total. The lowest BCUT2D eigenvalue weighted by atomic mass is 10.1. The second kappa shape index (κ2) is 8.55. The molecule has 0 bridgehead atoms. The number of nitrogen functional groups attached to an aromatic ring is 1. The highest BCUT2D eigenvalue weighted by Crippen LogP contribution is 2.18. The van der Waals surface area contributed by atoms with Crippen LogP contribution in [0.1, 0.15) is 16.8 Å². The number of anilines is 1.